The number of benzene rings is 1. The lowest BCUT2D eigenvalue weighted by Crippen LogP contribution is -2.48. The van der Waals surface area contributed by atoms with Crippen molar-refractivity contribution < 1.29 is 17.6 Å². The van der Waals surface area contributed by atoms with Gasteiger partial charge in [0.1, 0.15) is 12.4 Å². The molecule has 1 amide bonds. The second kappa shape index (κ2) is 7.74. The average Bonchev–Trinajstić information content (AvgIpc) is 2.45. The van der Waals surface area contributed by atoms with Crippen molar-refractivity contribution in [1.29, 1.82) is 0 Å². The molecule has 1 atom stereocenters. The van der Waals surface area contributed by atoms with Crippen LogP contribution in [0.2, 0.25) is 0 Å². The number of hydrogen-bond acceptors (Lipinski definition) is 3. The van der Waals surface area contributed by atoms with E-state index in [1.165, 1.54) is 26.2 Å². The van der Waals surface area contributed by atoms with E-state index in [4.69, 9.17) is 0 Å². The van der Waals surface area contributed by atoms with Crippen molar-refractivity contribution in [2.24, 2.45) is 5.92 Å². The molecule has 0 aliphatic heterocycles. The SMILES string of the molecule is CC(C)C(C)NC(=O)CN(c1ccc(F)cc1)S(=O)(=O)N(C)C. The minimum atomic E-state index is -3.87. The topological polar surface area (TPSA) is 69.7 Å². The lowest BCUT2D eigenvalue weighted by atomic mass is 10.1. The molecule has 6 nitrogen and oxygen atoms in total. The first-order valence-corrected chi connectivity index (χ1v) is 8.70. The fraction of sp³-hybridized carbons (Fsp3) is 0.533. The van der Waals surface area contributed by atoms with Gasteiger partial charge in [-0.15, -0.1) is 0 Å². The van der Waals surface area contributed by atoms with E-state index in [2.05, 4.69) is 5.32 Å². The molecule has 0 saturated heterocycles. The van der Waals surface area contributed by atoms with Gasteiger partial charge in [0.2, 0.25) is 5.91 Å². The fourth-order valence-electron chi connectivity index (χ4n) is 1.71. The van der Waals surface area contributed by atoms with Gasteiger partial charge in [-0.05, 0) is 37.1 Å². The van der Waals surface area contributed by atoms with Crippen LogP contribution in [-0.4, -0.2) is 45.3 Å². The van der Waals surface area contributed by atoms with E-state index in [0.29, 0.717) is 0 Å². The largest absolute Gasteiger partial charge is 0.352 e. The van der Waals surface area contributed by atoms with Gasteiger partial charge < -0.3 is 5.32 Å². The predicted molar refractivity (Wildman–Crippen MR) is 88.8 cm³/mol. The maximum Gasteiger partial charge on any atom is 0.304 e. The van der Waals surface area contributed by atoms with Gasteiger partial charge in [-0.3, -0.25) is 4.79 Å². The van der Waals surface area contributed by atoms with Crippen LogP contribution in [0.15, 0.2) is 24.3 Å². The second-order valence-electron chi connectivity index (χ2n) is 5.87. The van der Waals surface area contributed by atoms with Gasteiger partial charge in [0.25, 0.3) is 0 Å². The number of halogens is 1. The summed E-state index contributed by atoms with van der Waals surface area (Å²) in [4.78, 5) is 12.2. The van der Waals surface area contributed by atoms with Crippen molar-refractivity contribution in [3.8, 4) is 0 Å². The van der Waals surface area contributed by atoms with E-state index in [1.807, 2.05) is 20.8 Å². The number of carbonyl (C=O) groups excluding carboxylic acids is 1. The minimum Gasteiger partial charge on any atom is -0.352 e. The minimum absolute atomic E-state index is 0.0837. The molecule has 8 heteroatoms. The third kappa shape index (κ3) is 5.18. The van der Waals surface area contributed by atoms with Crippen LogP contribution >= 0.6 is 0 Å². The van der Waals surface area contributed by atoms with Gasteiger partial charge in [-0.1, -0.05) is 13.8 Å². The molecule has 0 saturated carbocycles. The monoisotopic (exact) mass is 345 g/mol. The van der Waals surface area contributed by atoms with Crippen LogP contribution in [0, 0.1) is 11.7 Å². The lowest BCUT2D eigenvalue weighted by molar-refractivity contribution is -0.120. The van der Waals surface area contributed by atoms with Gasteiger partial charge >= 0.3 is 10.2 Å². The van der Waals surface area contributed by atoms with Crippen LogP contribution in [0.4, 0.5) is 10.1 Å². The van der Waals surface area contributed by atoms with Crippen molar-refractivity contribution in [3.05, 3.63) is 30.1 Å². The molecule has 0 heterocycles. The van der Waals surface area contributed by atoms with Crippen LogP contribution < -0.4 is 9.62 Å². The molecule has 130 valence electrons. The molecule has 1 rings (SSSR count). The Labute approximate surface area is 137 Å². The molecular weight excluding hydrogens is 321 g/mol. The Balaban J connectivity index is 3.06. The smallest absolute Gasteiger partial charge is 0.304 e. The Morgan fingerprint density at radius 3 is 2.13 bits per heavy atom. The standard InChI is InChI=1S/C15H24FN3O3S/c1-11(2)12(3)17-15(20)10-19(23(21,22)18(4)5)14-8-6-13(16)7-9-14/h6-9,11-12H,10H2,1-5H3,(H,17,20). The van der Waals surface area contributed by atoms with E-state index in [0.717, 1.165) is 20.7 Å². The summed E-state index contributed by atoms with van der Waals surface area (Å²) in [7, 11) is -1.12. The van der Waals surface area contributed by atoms with E-state index in [9.17, 15) is 17.6 Å². The van der Waals surface area contributed by atoms with E-state index in [1.54, 1.807) is 0 Å². The molecular formula is C15H24FN3O3S. The zero-order chi connectivity index (χ0) is 17.8. The first kappa shape index (κ1) is 19.4. The number of rotatable bonds is 7. The second-order valence-corrected chi connectivity index (χ2v) is 7.94. The highest BCUT2D eigenvalue weighted by Crippen LogP contribution is 2.19. The molecule has 0 spiro atoms. The van der Waals surface area contributed by atoms with Crippen LogP contribution in [0.5, 0.6) is 0 Å². The molecule has 1 N–H and O–H groups in total. The maximum absolute atomic E-state index is 13.1. The van der Waals surface area contributed by atoms with Gasteiger partial charge in [-0.25, -0.2) is 8.70 Å². The molecule has 1 unspecified atom stereocenters. The first-order valence-electron chi connectivity index (χ1n) is 7.30. The summed E-state index contributed by atoms with van der Waals surface area (Å²) < 4.78 is 39.9. The Morgan fingerprint density at radius 1 is 1.17 bits per heavy atom. The predicted octanol–water partition coefficient (Wildman–Crippen LogP) is 1.60. The van der Waals surface area contributed by atoms with E-state index >= 15 is 0 Å². The van der Waals surface area contributed by atoms with Crippen molar-refractivity contribution in [3.63, 3.8) is 0 Å². The zero-order valence-electron chi connectivity index (χ0n) is 14.1. The van der Waals surface area contributed by atoms with Gasteiger partial charge in [-0.2, -0.15) is 12.7 Å². The summed E-state index contributed by atoms with van der Waals surface area (Å²) in [6.45, 7) is 5.40. The Bertz CT molecular complexity index is 630. The average molecular weight is 345 g/mol. The summed E-state index contributed by atoms with van der Waals surface area (Å²) in [6, 6.07) is 4.88. The van der Waals surface area contributed by atoms with E-state index in [-0.39, 0.29) is 24.2 Å². The Kier molecular flexibility index (Phi) is 6.52. The number of amides is 1. The highest BCUT2D eigenvalue weighted by molar-refractivity contribution is 7.90. The number of carbonyl (C=O) groups is 1. The summed E-state index contributed by atoms with van der Waals surface area (Å²) >= 11 is 0. The molecule has 0 aliphatic carbocycles. The van der Waals surface area contributed by atoms with Crippen LogP contribution in [0.3, 0.4) is 0 Å². The van der Waals surface area contributed by atoms with Gasteiger partial charge in [0.15, 0.2) is 0 Å². The molecule has 1 aromatic carbocycles. The summed E-state index contributed by atoms with van der Waals surface area (Å²) in [6.07, 6.45) is 0. The molecule has 23 heavy (non-hydrogen) atoms. The van der Waals surface area contributed by atoms with Crippen LogP contribution in [0.1, 0.15) is 20.8 Å². The highest BCUT2D eigenvalue weighted by atomic mass is 32.2. The highest BCUT2D eigenvalue weighted by Gasteiger charge is 2.27. The van der Waals surface area contributed by atoms with Gasteiger partial charge in [0, 0.05) is 20.1 Å². The zero-order valence-corrected chi connectivity index (χ0v) is 14.9. The molecule has 0 aromatic heterocycles. The lowest BCUT2D eigenvalue weighted by Gasteiger charge is -2.28. The molecule has 0 radical (unpaired) electrons. The normalized spacial score (nSPS) is 13.2. The van der Waals surface area contributed by atoms with Crippen molar-refractivity contribution in [2.45, 2.75) is 26.8 Å². The Hall–Kier alpha value is -1.67. The number of nitrogens with zero attached hydrogens (tertiary/aromatic N) is 2. The van der Waals surface area contributed by atoms with Crippen molar-refractivity contribution >= 4 is 21.8 Å². The summed E-state index contributed by atoms with van der Waals surface area (Å²) in [5, 5.41) is 2.76. The molecule has 0 aliphatic rings. The summed E-state index contributed by atoms with van der Waals surface area (Å²) in [5.41, 5.74) is 0.229. The number of nitrogens with one attached hydrogen (secondary N) is 1. The van der Waals surface area contributed by atoms with Crippen molar-refractivity contribution in [1.82, 2.24) is 9.62 Å². The maximum atomic E-state index is 13.1. The van der Waals surface area contributed by atoms with Crippen LogP contribution in [0.25, 0.3) is 0 Å². The quantitative estimate of drug-likeness (QED) is 0.816. The Morgan fingerprint density at radius 2 is 1.70 bits per heavy atom. The third-order valence-electron chi connectivity index (χ3n) is 3.53. The van der Waals surface area contributed by atoms with Crippen molar-refractivity contribution in [2.75, 3.05) is 24.9 Å². The molecule has 0 fully saturated rings. The van der Waals surface area contributed by atoms with Crippen LogP contribution in [-0.2, 0) is 15.0 Å². The fourth-order valence-corrected chi connectivity index (χ4v) is 2.77. The van der Waals surface area contributed by atoms with E-state index < -0.39 is 21.9 Å². The summed E-state index contributed by atoms with van der Waals surface area (Å²) in [5.74, 6) is -0.668. The van der Waals surface area contributed by atoms with Gasteiger partial charge in [0.05, 0.1) is 5.69 Å². The third-order valence-corrected chi connectivity index (χ3v) is 5.35. The number of hydrogen-bond donors (Lipinski definition) is 1. The molecule has 1 aromatic rings. The molecule has 0 bridgehead atoms. The number of anilines is 1. The first-order chi connectivity index (χ1) is 10.6.